The van der Waals surface area contributed by atoms with E-state index in [-0.39, 0.29) is 0 Å². The van der Waals surface area contributed by atoms with Crippen LogP contribution in [0.3, 0.4) is 0 Å². The third-order valence-corrected chi connectivity index (χ3v) is 10.1. The maximum Gasteiger partial charge on any atom is 0.117 e. The quantitative estimate of drug-likeness (QED) is 0.327. The lowest BCUT2D eigenvalue weighted by molar-refractivity contribution is 1.22. The second-order valence-corrected chi connectivity index (χ2v) is 13.1. The molecule has 0 radical (unpaired) electrons. The Bertz CT molecular complexity index is 1410. The normalized spacial score (nSPS) is 14.1. The third kappa shape index (κ3) is 2.80. The largest absolute Gasteiger partial charge is 0.311 e. The molecule has 32 heavy (non-hydrogen) atoms. The van der Waals surface area contributed by atoms with Crippen LogP contribution in [-0.2, 0) is 0 Å². The third-order valence-electron chi connectivity index (χ3n) is 6.56. The molecule has 0 spiro atoms. The number of nitrogens with zero attached hydrogens (tertiary/aromatic N) is 3. The van der Waals surface area contributed by atoms with E-state index in [9.17, 15) is 0 Å². The van der Waals surface area contributed by atoms with E-state index in [1.165, 1.54) is 21.7 Å². The van der Waals surface area contributed by atoms with Crippen LogP contribution in [0.4, 0.5) is 17.1 Å². The van der Waals surface area contributed by atoms with E-state index in [1.54, 1.807) is 6.33 Å². The molecule has 0 bridgehead atoms. The Balaban J connectivity index is 1.57. The lowest BCUT2D eigenvalue weighted by Gasteiger charge is -2.41. The first-order chi connectivity index (χ1) is 15.6. The Morgan fingerprint density at radius 2 is 1.28 bits per heavy atom. The van der Waals surface area contributed by atoms with Crippen molar-refractivity contribution in [3.63, 3.8) is 0 Å². The highest BCUT2D eigenvalue weighted by molar-refractivity contribution is 7.02. The fraction of sp³-hybridized carbons (Fsp3) is 0.0714. The van der Waals surface area contributed by atoms with Crippen molar-refractivity contribution < 1.29 is 0 Å². The van der Waals surface area contributed by atoms with E-state index in [1.807, 2.05) is 18.2 Å². The standard InChI is InChI=1S/C28H23N3Si/c1-32(2)26-14-8-6-12-24(26)31(25-13-7-9-15-27(25)32)21-16-17-22-23(18-21)29-19-30-28(22)20-10-4-3-5-11-20/h3-19H,1-2H3. The molecule has 0 saturated heterocycles. The molecule has 5 aromatic rings. The number of fused-ring (bicyclic) bond motifs is 3. The molecular formula is C28H23N3Si. The lowest BCUT2D eigenvalue weighted by atomic mass is 10.1. The van der Waals surface area contributed by atoms with Gasteiger partial charge in [-0.2, -0.15) is 0 Å². The molecular weight excluding hydrogens is 406 g/mol. The molecule has 0 saturated carbocycles. The summed E-state index contributed by atoms with van der Waals surface area (Å²) in [6.45, 7) is 4.89. The lowest BCUT2D eigenvalue weighted by Crippen LogP contribution is -2.58. The molecule has 0 amide bonds. The van der Waals surface area contributed by atoms with E-state index >= 15 is 0 Å². The summed E-state index contributed by atoms with van der Waals surface area (Å²) in [5.41, 5.74) is 6.70. The summed E-state index contributed by atoms with van der Waals surface area (Å²) in [4.78, 5) is 11.6. The van der Waals surface area contributed by atoms with Gasteiger partial charge in [0.25, 0.3) is 0 Å². The van der Waals surface area contributed by atoms with Gasteiger partial charge in [-0.05, 0) is 40.7 Å². The minimum Gasteiger partial charge on any atom is -0.311 e. The van der Waals surface area contributed by atoms with Crippen LogP contribution in [0.5, 0.6) is 0 Å². The fourth-order valence-corrected chi connectivity index (χ4v) is 7.94. The molecule has 6 rings (SSSR count). The number of rotatable bonds is 2. The Morgan fingerprint density at radius 3 is 1.97 bits per heavy atom. The molecule has 3 nitrogen and oxygen atoms in total. The van der Waals surface area contributed by atoms with Gasteiger partial charge in [-0.15, -0.1) is 0 Å². The maximum absolute atomic E-state index is 4.63. The zero-order valence-corrected chi connectivity index (χ0v) is 19.2. The highest BCUT2D eigenvalue weighted by Crippen LogP contribution is 2.39. The van der Waals surface area contributed by atoms with Crippen LogP contribution in [0.15, 0.2) is 103 Å². The van der Waals surface area contributed by atoms with Crippen LogP contribution < -0.4 is 15.3 Å². The van der Waals surface area contributed by atoms with Gasteiger partial charge in [0.05, 0.1) is 11.2 Å². The minimum atomic E-state index is -1.78. The van der Waals surface area contributed by atoms with Crippen molar-refractivity contribution in [2.24, 2.45) is 0 Å². The van der Waals surface area contributed by atoms with Crippen molar-refractivity contribution in [3.05, 3.63) is 103 Å². The second kappa shape index (κ2) is 7.14. The first-order valence-electron chi connectivity index (χ1n) is 10.9. The predicted molar refractivity (Wildman–Crippen MR) is 136 cm³/mol. The molecule has 4 heteroatoms. The van der Waals surface area contributed by atoms with E-state index in [2.05, 4.69) is 107 Å². The van der Waals surface area contributed by atoms with Crippen LogP contribution in [-0.4, -0.2) is 18.0 Å². The number of benzene rings is 4. The monoisotopic (exact) mass is 429 g/mol. The smallest absolute Gasteiger partial charge is 0.117 e. The van der Waals surface area contributed by atoms with Crippen molar-refractivity contribution in [1.82, 2.24) is 9.97 Å². The molecule has 0 aliphatic carbocycles. The van der Waals surface area contributed by atoms with E-state index < -0.39 is 8.07 Å². The summed E-state index contributed by atoms with van der Waals surface area (Å²) < 4.78 is 0. The van der Waals surface area contributed by atoms with Gasteiger partial charge in [0, 0.05) is 28.0 Å². The van der Waals surface area contributed by atoms with Gasteiger partial charge in [-0.3, -0.25) is 0 Å². The Labute approximate surface area is 189 Å². The van der Waals surface area contributed by atoms with Crippen LogP contribution in [0.1, 0.15) is 0 Å². The van der Waals surface area contributed by atoms with Gasteiger partial charge in [0.2, 0.25) is 0 Å². The average molecular weight is 430 g/mol. The molecule has 0 fully saturated rings. The average Bonchev–Trinajstić information content (AvgIpc) is 2.84. The van der Waals surface area contributed by atoms with Crippen LogP contribution in [0.25, 0.3) is 22.2 Å². The molecule has 0 unspecified atom stereocenters. The molecule has 2 heterocycles. The number of hydrogen-bond acceptors (Lipinski definition) is 3. The Kier molecular flexibility index (Phi) is 4.23. The highest BCUT2D eigenvalue weighted by Gasteiger charge is 2.38. The highest BCUT2D eigenvalue weighted by atomic mass is 28.3. The van der Waals surface area contributed by atoms with E-state index in [0.717, 1.165) is 27.8 Å². The fourth-order valence-electron chi connectivity index (χ4n) is 4.96. The summed E-state index contributed by atoms with van der Waals surface area (Å²) >= 11 is 0. The van der Waals surface area contributed by atoms with Gasteiger partial charge in [-0.1, -0.05) is 79.8 Å². The first-order valence-corrected chi connectivity index (χ1v) is 13.9. The summed E-state index contributed by atoms with van der Waals surface area (Å²) in [5.74, 6) is 0. The SMILES string of the molecule is C[Si]1(C)c2ccccc2N(c2ccc3c(-c4ccccc4)ncnc3c2)c2ccccc21. The number of anilines is 3. The van der Waals surface area contributed by atoms with Gasteiger partial charge < -0.3 is 4.90 Å². The predicted octanol–water partition coefficient (Wildman–Crippen LogP) is 5.90. The Hall–Kier alpha value is -3.76. The zero-order chi connectivity index (χ0) is 21.7. The van der Waals surface area contributed by atoms with Crippen molar-refractivity contribution in [2.45, 2.75) is 13.1 Å². The van der Waals surface area contributed by atoms with Crippen molar-refractivity contribution in [2.75, 3.05) is 4.90 Å². The molecule has 4 aromatic carbocycles. The topological polar surface area (TPSA) is 29.0 Å². The van der Waals surface area contributed by atoms with Gasteiger partial charge in [0.15, 0.2) is 0 Å². The number of hydrogen-bond donors (Lipinski definition) is 0. The van der Waals surface area contributed by atoms with Crippen LogP contribution in [0, 0.1) is 0 Å². The maximum atomic E-state index is 4.63. The van der Waals surface area contributed by atoms with Gasteiger partial charge >= 0.3 is 0 Å². The number of aromatic nitrogens is 2. The van der Waals surface area contributed by atoms with Crippen LogP contribution >= 0.6 is 0 Å². The van der Waals surface area contributed by atoms with E-state index in [4.69, 9.17) is 0 Å². The Morgan fingerprint density at radius 1 is 0.656 bits per heavy atom. The van der Waals surface area contributed by atoms with E-state index in [0.29, 0.717) is 0 Å². The van der Waals surface area contributed by atoms with Crippen molar-refractivity contribution in [3.8, 4) is 11.3 Å². The minimum absolute atomic E-state index is 0.952. The molecule has 1 aliphatic heterocycles. The van der Waals surface area contributed by atoms with Gasteiger partial charge in [0.1, 0.15) is 14.4 Å². The zero-order valence-electron chi connectivity index (χ0n) is 18.2. The molecule has 1 aromatic heterocycles. The van der Waals surface area contributed by atoms with Crippen molar-refractivity contribution in [1.29, 1.82) is 0 Å². The van der Waals surface area contributed by atoms with Gasteiger partial charge in [-0.25, -0.2) is 9.97 Å². The summed E-state index contributed by atoms with van der Waals surface area (Å²) in [7, 11) is -1.78. The summed E-state index contributed by atoms with van der Waals surface area (Å²) in [5, 5.41) is 3.99. The molecule has 1 aliphatic rings. The summed E-state index contributed by atoms with van der Waals surface area (Å²) in [6, 6.07) is 34.6. The summed E-state index contributed by atoms with van der Waals surface area (Å²) in [6.07, 6.45) is 1.67. The van der Waals surface area contributed by atoms with Crippen LogP contribution in [0.2, 0.25) is 13.1 Å². The molecule has 154 valence electrons. The molecule has 0 N–H and O–H groups in total. The first kappa shape index (κ1) is 19.0. The van der Waals surface area contributed by atoms with Crippen molar-refractivity contribution >= 4 is 46.4 Å². The second-order valence-electron chi connectivity index (χ2n) is 8.78. The number of para-hydroxylation sites is 2. The molecule has 0 atom stereocenters.